The van der Waals surface area contributed by atoms with Gasteiger partial charge in [0.15, 0.2) is 0 Å². The molecule has 0 aliphatic carbocycles. The number of nitrogens with zero attached hydrogens (tertiary/aromatic N) is 1. The Labute approximate surface area is 377 Å². The molecule has 300 valence electrons. The van der Waals surface area contributed by atoms with Gasteiger partial charge in [0.25, 0.3) is 0 Å². The van der Waals surface area contributed by atoms with E-state index in [1.165, 1.54) is 91.8 Å². The van der Waals surface area contributed by atoms with Crippen molar-refractivity contribution in [2.75, 3.05) is 4.90 Å². The van der Waals surface area contributed by atoms with E-state index in [9.17, 15) is 0 Å². The normalized spacial score (nSPS) is 11.4. The Hall–Kier alpha value is -8.04. The molecule has 0 fully saturated rings. The Kier molecular flexibility index (Phi) is 9.43. The van der Waals surface area contributed by atoms with Crippen molar-refractivity contribution in [3.8, 4) is 55.6 Å². The maximum atomic E-state index is 2.43. The highest BCUT2D eigenvalue weighted by Crippen LogP contribution is 2.45. The molecule has 0 amide bonds. The van der Waals surface area contributed by atoms with Crippen LogP contribution < -0.4 is 4.90 Å². The summed E-state index contributed by atoms with van der Waals surface area (Å²) in [4.78, 5) is 2.43. The molecule has 64 heavy (non-hydrogen) atoms. The number of benzene rings is 11. The standard InChI is InChI=1S/C62H41NS/c1-2-13-46(14-3-1)57-36-30-51(49-25-24-42-12-4-5-16-47(42)38-49)41-60(57)63(54-34-28-44(29-35-54)50-31-37-62-59(40-50)58-21-8-9-23-61(58)64-62)53-32-26-43(27-33-53)48-18-10-19-52(39-48)56-22-11-17-45-15-6-7-20-55(45)56/h1-41H. The van der Waals surface area contributed by atoms with Crippen LogP contribution in [0.3, 0.4) is 0 Å². The second-order valence-corrected chi connectivity index (χ2v) is 17.6. The lowest BCUT2D eigenvalue weighted by Gasteiger charge is -2.29. The number of anilines is 3. The number of thiophene rings is 1. The molecule has 0 aliphatic rings. The topological polar surface area (TPSA) is 3.24 Å². The van der Waals surface area contributed by atoms with Gasteiger partial charge in [0, 0.05) is 37.1 Å². The summed E-state index contributed by atoms with van der Waals surface area (Å²) in [5.74, 6) is 0. The third-order valence-electron chi connectivity index (χ3n) is 12.7. The molecule has 0 unspecified atom stereocenters. The lowest BCUT2D eigenvalue weighted by molar-refractivity contribution is 1.28. The minimum atomic E-state index is 1.08. The van der Waals surface area contributed by atoms with Crippen LogP contribution in [0, 0.1) is 0 Å². The van der Waals surface area contributed by atoms with Gasteiger partial charge in [0.2, 0.25) is 0 Å². The summed E-state index contributed by atoms with van der Waals surface area (Å²) in [6.45, 7) is 0. The summed E-state index contributed by atoms with van der Waals surface area (Å²) in [6, 6.07) is 91.1. The zero-order valence-electron chi connectivity index (χ0n) is 35.0. The molecule has 0 saturated carbocycles. The Morgan fingerprint density at radius 2 is 0.781 bits per heavy atom. The van der Waals surface area contributed by atoms with E-state index in [1.807, 2.05) is 11.3 Å². The van der Waals surface area contributed by atoms with Crippen LogP contribution in [0.1, 0.15) is 0 Å². The highest BCUT2D eigenvalue weighted by molar-refractivity contribution is 7.25. The highest BCUT2D eigenvalue weighted by Gasteiger charge is 2.20. The van der Waals surface area contributed by atoms with E-state index in [0.717, 1.165) is 22.6 Å². The zero-order valence-corrected chi connectivity index (χ0v) is 35.8. The van der Waals surface area contributed by atoms with Gasteiger partial charge in [-0.05, 0) is 132 Å². The minimum Gasteiger partial charge on any atom is -0.310 e. The van der Waals surface area contributed by atoms with Gasteiger partial charge in [-0.2, -0.15) is 0 Å². The van der Waals surface area contributed by atoms with E-state index >= 15 is 0 Å². The first-order chi connectivity index (χ1) is 31.7. The van der Waals surface area contributed by atoms with Crippen LogP contribution in [-0.4, -0.2) is 0 Å². The van der Waals surface area contributed by atoms with Crippen molar-refractivity contribution < 1.29 is 0 Å². The molecular weight excluding hydrogens is 791 g/mol. The van der Waals surface area contributed by atoms with Crippen molar-refractivity contribution in [1.82, 2.24) is 0 Å². The Bertz CT molecular complexity index is 3650. The quantitative estimate of drug-likeness (QED) is 0.147. The fraction of sp³-hybridized carbons (Fsp3) is 0. The van der Waals surface area contributed by atoms with E-state index in [0.29, 0.717) is 0 Å². The molecule has 0 aliphatic heterocycles. The van der Waals surface area contributed by atoms with Crippen molar-refractivity contribution in [2.45, 2.75) is 0 Å². The van der Waals surface area contributed by atoms with E-state index in [4.69, 9.17) is 0 Å². The molecule has 1 nitrogen and oxygen atoms in total. The Morgan fingerprint density at radius 1 is 0.250 bits per heavy atom. The van der Waals surface area contributed by atoms with Crippen molar-refractivity contribution in [3.63, 3.8) is 0 Å². The van der Waals surface area contributed by atoms with Gasteiger partial charge in [-0.25, -0.2) is 0 Å². The van der Waals surface area contributed by atoms with Crippen LogP contribution >= 0.6 is 11.3 Å². The molecule has 0 saturated heterocycles. The van der Waals surface area contributed by atoms with Crippen LogP contribution in [0.4, 0.5) is 17.1 Å². The average molecular weight is 832 g/mol. The predicted octanol–water partition coefficient (Wildman–Crippen LogP) is 18.2. The first kappa shape index (κ1) is 37.7. The maximum Gasteiger partial charge on any atom is 0.0546 e. The number of fused-ring (bicyclic) bond motifs is 5. The number of hydrogen-bond donors (Lipinski definition) is 0. The minimum absolute atomic E-state index is 1.08. The molecule has 0 spiro atoms. The second-order valence-electron chi connectivity index (χ2n) is 16.5. The second kappa shape index (κ2) is 16.0. The molecule has 0 atom stereocenters. The van der Waals surface area contributed by atoms with Gasteiger partial charge in [-0.1, -0.05) is 188 Å². The summed E-state index contributed by atoms with van der Waals surface area (Å²) in [5.41, 5.74) is 15.2. The summed E-state index contributed by atoms with van der Waals surface area (Å²) in [6.07, 6.45) is 0. The van der Waals surface area contributed by atoms with E-state index < -0.39 is 0 Å². The van der Waals surface area contributed by atoms with Crippen molar-refractivity contribution in [2.24, 2.45) is 0 Å². The molecule has 1 heterocycles. The van der Waals surface area contributed by atoms with Gasteiger partial charge >= 0.3 is 0 Å². The third-order valence-corrected chi connectivity index (χ3v) is 13.8. The van der Waals surface area contributed by atoms with Gasteiger partial charge in [-0.3, -0.25) is 0 Å². The third kappa shape index (κ3) is 6.91. The summed E-state index contributed by atoms with van der Waals surface area (Å²) >= 11 is 1.86. The van der Waals surface area contributed by atoms with E-state index in [1.54, 1.807) is 0 Å². The first-order valence-electron chi connectivity index (χ1n) is 21.9. The van der Waals surface area contributed by atoms with Gasteiger partial charge in [0.05, 0.1) is 5.69 Å². The van der Waals surface area contributed by atoms with Crippen LogP contribution in [0.25, 0.3) is 97.4 Å². The van der Waals surface area contributed by atoms with E-state index in [-0.39, 0.29) is 0 Å². The molecule has 0 radical (unpaired) electrons. The summed E-state index contributed by atoms with van der Waals surface area (Å²) in [7, 11) is 0. The van der Waals surface area contributed by atoms with Crippen LogP contribution in [0.2, 0.25) is 0 Å². The average Bonchev–Trinajstić information content (AvgIpc) is 3.75. The fourth-order valence-corrected chi connectivity index (χ4v) is 10.5. The lowest BCUT2D eigenvalue weighted by Crippen LogP contribution is -2.11. The first-order valence-corrected chi connectivity index (χ1v) is 22.7. The molecule has 2 heteroatoms. The molecule has 0 bridgehead atoms. The fourth-order valence-electron chi connectivity index (χ4n) is 9.41. The van der Waals surface area contributed by atoms with Crippen molar-refractivity contribution in [1.29, 1.82) is 0 Å². The van der Waals surface area contributed by atoms with Crippen molar-refractivity contribution in [3.05, 3.63) is 249 Å². The molecule has 0 N–H and O–H groups in total. The van der Waals surface area contributed by atoms with Gasteiger partial charge < -0.3 is 4.90 Å². The molecule has 1 aromatic heterocycles. The lowest BCUT2D eigenvalue weighted by atomic mass is 9.94. The zero-order chi connectivity index (χ0) is 42.4. The Balaban J connectivity index is 0.992. The van der Waals surface area contributed by atoms with Crippen LogP contribution in [0.15, 0.2) is 249 Å². The Morgan fingerprint density at radius 3 is 1.58 bits per heavy atom. The number of rotatable bonds is 8. The monoisotopic (exact) mass is 831 g/mol. The SMILES string of the molecule is c1ccc(-c2ccc(-c3ccc4ccccc4c3)cc2N(c2ccc(-c3cccc(-c4cccc5ccccc45)c3)cc2)c2ccc(-c3ccc4sc5ccccc5c4c3)cc2)cc1. The van der Waals surface area contributed by atoms with Crippen LogP contribution in [-0.2, 0) is 0 Å². The predicted molar refractivity (Wildman–Crippen MR) is 276 cm³/mol. The number of hydrogen-bond acceptors (Lipinski definition) is 2. The molecule has 12 aromatic rings. The van der Waals surface area contributed by atoms with Crippen LogP contribution in [0.5, 0.6) is 0 Å². The molecule has 12 rings (SSSR count). The van der Waals surface area contributed by atoms with Crippen molar-refractivity contribution >= 4 is 70.1 Å². The van der Waals surface area contributed by atoms with E-state index in [2.05, 4.69) is 254 Å². The highest BCUT2D eigenvalue weighted by atomic mass is 32.1. The van der Waals surface area contributed by atoms with Gasteiger partial charge in [-0.15, -0.1) is 11.3 Å². The summed E-state index contributed by atoms with van der Waals surface area (Å²) in [5, 5.41) is 7.61. The largest absolute Gasteiger partial charge is 0.310 e. The van der Waals surface area contributed by atoms with Gasteiger partial charge in [0.1, 0.15) is 0 Å². The molecular formula is C62H41NS. The smallest absolute Gasteiger partial charge is 0.0546 e. The maximum absolute atomic E-state index is 2.43. The summed E-state index contributed by atoms with van der Waals surface area (Å²) < 4.78 is 2.64. The molecule has 11 aromatic carbocycles.